The Hall–Kier alpha value is -4.07. The average Bonchev–Trinajstić information content (AvgIpc) is 3.82. The number of carbonyl (C=O) groups is 1. The Labute approximate surface area is 254 Å². The van der Waals surface area contributed by atoms with Crippen LogP contribution in [0.2, 0.25) is 0 Å². The second-order valence-electron chi connectivity index (χ2n) is 11.5. The number of rotatable bonds is 9. The van der Waals surface area contributed by atoms with Gasteiger partial charge < -0.3 is 25.3 Å². The molecule has 0 radical (unpaired) electrons. The number of anilines is 4. The Morgan fingerprint density at radius 2 is 1.73 bits per heavy atom. The van der Waals surface area contributed by atoms with Crippen LogP contribution in [0.5, 0.6) is 0 Å². The molecule has 3 N–H and O–H groups in total. The Balaban J connectivity index is 1.20. The van der Waals surface area contributed by atoms with E-state index in [0.717, 1.165) is 30.9 Å². The molecule has 13 heteroatoms. The molecule has 1 saturated carbocycles. The fraction of sp³-hybridized carbons (Fsp3) is 0.387. The van der Waals surface area contributed by atoms with Crippen LogP contribution in [0, 0.1) is 5.82 Å². The average molecular weight is 620 g/mol. The lowest BCUT2D eigenvalue weighted by Gasteiger charge is -2.33. The monoisotopic (exact) mass is 619 g/mol. The maximum absolute atomic E-state index is 13.6. The van der Waals surface area contributed by atoms with E-state index in [2.05, 4.69) is 25.5 Å². The molecule has 2 saturated heterocycles. The van der Waals surface area contributed by atoms with E-state index in [1.165, 1.54) is 24.3 Å². The van der Waals surface area contributed by atoms with Crippen LogP contribution in [0.4, 0.5) is 27.5 Å². The van der Waals surface area contributed by atoms with Crippen molar-refractivity contribution < 1.29 is 22.3 Å². The minimum Gasteiger partial charge on any atom is -0.378 e. The van der Waals surface area contributed by atoms with E-state index in [1.54, 1.807) is 10.5 Å². The zero-order valence-electron chi connectivity index (χ0n) is 24.1. The third-order valence-electron chi connectivity index (χ3n) is 8.41. The van der Waals surface area contributed by atoms with Crippen molar-refractivity contribution in [1.82, 2.24) is 19.3 Å². The quantitative estimate of drug-likeness (QED) is 0.235. The van der Waals surface area contributed by atoms with Crippen molar-refractivity contribution in [3.05, 3.63) is 71.7 Å². The van der Waals surface area contributed by atoms with Gasteiger partial charge in [0.15, 0.2) is 5.78 Å². The van der Waals surface area contributed by atoms with Gasteiger partial charge in [0.1, 0.15) is 17.3 Å². The van der Waals surface area contributed by atoms with Crippen molar-refractivity contribution in [2.24, 2.45) is 0 Å². The summed E-state index contributed by atoms with van der Waals surface area (Å²) >= 11 is 0. The number of piperidine rings is 1. The first-order chi connectivity index (χ1) is 21.3. The number of fused-ring (bicyclic) bond motifs is 1. The number of hydrogen-bond acceptors (Lipinski definition) is 9. The minimum absolute atomic E-state index is 0.209. The molecule has 1 aliphatic carbocycles. The molecular weight excluding hydrogens is 585 g/mol. The zero-order chi connectivity index (χ0) is 30.3. The topological polar surface area (TPSA) is 133 Å². The van der Waals surface area contributed by atoms with Gasteiger partial charge in [-0.15, -0.1) is 0 Å². The molecule has 2 aromatic carbocycles. The molecule has 4 aromatic rings. The van der Waals surface area contributed by atoms with Crippen molar-refractivity contribution >= 4 is 50.0 Å². The molecule has 0 spiro atoms. The van der Waals surface area contributed by atoms with Gasteiger partial charge in [-0.1, -0.05) is 0 Å². The summed E-state index contributed by atoms with van der Waals surface area (Å²) in [6.45, 7) is 3.92. The number of ether oxygens (including phenoxy) is 1. The van der Waals surface area contributed by atoms with Crippen LogP contribution in [0.1, 0.15) is 41.6 Å². The van der Waals surface area contributed by atoms with Gasteiger partial charge in [0.05, 0.1) is 29.4 Å². The fourth-order valence-electron chi connectivity index (χ4n) is 5.90. The highest BCUT2D eigenvalue weighted by molar-refractivity contribution is 7.90. The summed E-state index contributed by atoms with van der Waals surface area (Å²) in [6, 6.07) is 13.2. The molecule has 1 atom stereocenters. The highest BCUT2D eigenvalue weighted by atomic mass is 32.2. The molecule has 230 valence electrons. The van der Waals surface area contributed by atoms with E-state index < -0.39 is 15.8 Å². The fourth-order valence-corrected chi connectivity index (χ4v) is 7.82. The number of aromatic amines is 1. The summed E-state index contributed by atoms with van der Waals surface area (Å²) in [4.78, 5) is 28.4. The van der Waals surface area contributed by atoms with Crippen LogP contribution < -0.4 is 15.5 Å². The summed E-state index contributed by atoms with van der Waals surface area (Å²) in [7, 11) is -3.32. The lowest BCUT2D eigenvalue weighted by Crippen LogP contribution is -2.46. The van der Waals surface area contributed by atoms with Crippen molar-refractivity contribution in [2.75, 3.05) is 54.9 Å². The summed E-state index contributed by atoms with van der Waals surface area (Å²) in [5, 5.41) is 6.95. The summed E-state index contributed by atoms with van der Waals surface area (Å²) in [5.74, 6) is 0.0107. The molecule has 0 unspecified atom stereocenters. The van der Waals surface area contributed by atoms with Gasteiger partial charge in [-0.05, 0) is 74.2 Å². The second kappa shape index (κ2) is 11.8. The molecule has 4 heterocycles. The summed E-state index contributed by atoms with van der Waals surface area (Å²) < 4.78 is 46.6. The number of nitrogens with zero attached hydrogens (tertiary/aromatic N) is 4. The first kappa shape index (κ1) is 28.7. The van der Waals surface area contributed by atoms with Crippen molar-refractivity contribution in [3.63, 3.8) is 0 Å². The molecule has 44 heavy (non-hydrogen) atoms. The Kier molecular flexibility index (Phi) is 7.69. The van der Waals surface area contributed by atoms with Gasteiger partial charge in [-0.25, -0.2) is 12.8 Å². The van der Waals surface area contributed by atoms with Gasteiger partial charge in [0.25, 0.3) is 0 Å². The molecule has 2 aliphatic heterocycles. The maximum Gasteiger partial charge on any atom is 0.231 e. The minimum atomic E-state index is -3.32. The van der Waals surface area contributed by atoms with E-state index in [9.17, 15) is 17.6 Å². The largest absolute Gasteiger partial charge is 0.378 e. The predicted molar refractivity (Wildman–Crippen MR) is 167 cm³/mol. The van der Waals surface area contributed by atoms with Gasteiger partial charge in [0.2, 0.25) is 16.0 Å². The number of nitrogens with one attached hydrogen (secondary N) is 3. The van der Waals surface area contributed by atoms with Gasteiger partial charge in [-0.3, -0.25) is 4.79 Å². The molecule has 11 nitrogen and oxygen atoms in total. The number of ketones is 1. The Morgan fingerprint density at radius 1 is 0.977 bits per heavy atom. The standard InChI is InChI=1S/C31H34FN7O4S/c32-21-5-3-20(4-6-21)28(40)26-18-33-29-27(26)30(34-23-2-1-13-39(19-23)44(41,42)25-11-12-25)37-31(36-29)35-22-7-9-24(10-8-22)38-14-16-43-17-15-38/h3-10,18,23,25H,1-2,11-17,19H2,(H3,33,34,35,36,37)/t23-/m0/s1. The first-order valence-corrected chi connectivity index (χ1v) is 16.5. The van der Waals surface area contributed by atoms with Crippen LogP contribution in [0.15, 0.2) is 54.7 Å². The molecule has 0 amide bonds. The van der Waals surface area contributed by atoms with E-state index >= 15 is 0 Å². The maximum atomic E-state index is 13.6. The lowest BCUT2D eigenvalue weighted by atomic mass is 10.0. The van der Waals surface area contributed by atoms with Crippen LogP contribution in [-0.4, -0.2) is 84.1 Å². The molecular formula is C31H34FN7O4S. The Morgan fingerprint density at radius 3 is 2.45 bits per heavy atom. The Bertz CT molecular complexity index is 1770. The first-order valence-electron chi connectivity index (χ1n) is 15.0. The van der Waals surface area contributed by atoms with Crippen molar-refractivity contribution in [1.29, 1.82) is 0 Å². The molecule has 3 fully saturated rings. The number of morpholine rings is 1. The number of benzene rings is 2. The molecule has 3 aliphatic rings. The molecule has 7 rings (SSSR count). The van der Waals surface area contributed by atoms with Crippen LogP contribution in [0.25, 0.3) is 11.0 Å². The van der Waals surface area contributed by atoms with Crippen LogP contribution in [-0.2, 0) is 14.8 Å². The molecule has 0 bridgehead atoms. The number of aromatic nitrogens is 3. The predicted octanol–water partition coefficient (Wildman–Crippen LogP) is 4.28. The van der Waals surface area contributed by atoms with E-state index in [0.29, 0.717) is 79.5 Å². The van der Waals surface area contributed by atoms with Crippen molar-refractivity contribution in [3.8, 4) is 0 Å². The zero-order valence-corrected chi connectivity index (χ0v) is 24.9. The molecule has 2 aromatic heterocycles. The van der Waals surface area contributed by atoms with Crippen LogP contribution >= 0.6 is 0 Å². The highest BCUT2D eigenvalue weighted by Gasteiger charge is 2.41. The number of hydrogen-bond donors (Lipinski definition) is 3. The SMILES string of the molecule is O=C(c1ccc(F)cc1)c1c[nH]c2nc(Nc3ccc(N4CCOCC4)cc3)nc(N[C@H]3CCCN(S(=O)(=O)C4CC4)C3)c12. The summed E-state index contributed by atoms with van der Waals surface area (Å²) in [5.41, 5.74) is 3.02. The van der Waals surface area contributed by atoms with Gasteiger partial charge >= 0.3 is 0 Å². The van der Waals surface area contributed by atoms with Crippen molar-refractivity contribution in [2.45, 2.75) is 37.0 Å². The van der Waals surface area contributed by atoms with E-state index in [-0.39, 0.29) is 17.1 Å². The lowest BCUT2D eigenvalue weighted by molar-refractivity contribution is 0.104. The van der Waals surface area contributed by atoms with Gasteiger partial charge in [0, 0.05) is 55.4 Å². The van der Waals surface area contributed by atoms with Gasteiger partial charge in [-0.2, -0.15) is 14.3 Å². The smallest absolute Gasteiger partial charge is 0.231 e. The number of halogens is 1. The highest BCUT2D eigenvalue weighted by Crippen LogP contribution is 2.34. The summed E-state index contributed by atoms with van der Waals surface area (Å²) in [6.07, 6.45) is 4.47. The second-order valence-corrected chi connectivity index (χ2v) is 13.7. The number of sulfonamides is 1. The third-order valence-corrected chi connectivity index (χ3v) is 10.8. The van der Waals surface area contributed by atoms with E-state index in [1.807, 2.05) is 24.3 Å². The third kappa shape index (κ3) is 5.86. The normalized spacial score (nSPS) is 19.7. The number of H-pyrrole nitrogens is 1. The van der Waals surface area contributed by atoms with Crippen LogP contribution in [0.3, 0.4) is 0 Å². The van der Waals surface area contributed by atoms with E-state index in [4.69, 9.17) is 9.72 Å². The number of carbonyl (C=O) groups excluding carboxylic acids is 1.